The molecule has 1 atom stereocenters. The molecule has 1 rings (SSSR count). The van der Waals surface area contributed by atoms with Crippen LogP contribution in [-0.2, 0) is 0 Å². The van der Waals surface area contributed by atoms with Crippen LogP contribution in [-0.4, -0.2) is 0 Å². The van der Waals surface area contributed by atoms with Gasteiger partial charge in [0, 0.05) is 6.04 Å². The van der Waals surface area contributed by atoms with Crippen LogP contribution in [0.2, 0.25) is 0 Å². The van der Waals surface area contributed by atoms with Crippen molar-refractivity contribution in [3.8, 4) is 0 Å². The Morgan fingerprint density at radius 2 is 1.37 bits per heavy atom. The van der Waals surface area contributed by atoms with Gasteiger partial charge in [-0.1, -0.05) is 81.2 Å². The van der Waals surface area contributed by atoms with Crippen LogP contribution in [0, 0.1) is 13.8 Å². The van der Waals surface area contributed by atoms with Crippen molar-refractivity contribution in [1.29, 1.82) is 0 Å². The zero-order valence-corrected chi connectivity index (χ0v) is 13.0. The van der Waals surface area contributed by atoms with Crippen LogP contribution >= 0.6 is 0 Å². The van der Waals surface area contributed by atoms with Gasteiger partial charge in [-0.2, -0.15) is 0 Å². The van der Waals surface area contributed by atoms with E-state index in [1.54, 1.807) is 0 Å². The first-order valence-corrected chi connectivity index (χ1v) is 7.97. The molecule has 0 spiro atoms. The highest BCUT2D eigenvalue weighted by molar-refractivity contribution is 5.30. The van der Waals surface area contributed by atoms with Gasteiger partial charge >= 0.3 is 0 Å². The standard InChI is InChI=1S/C18H31N/c1-4-5-6-7-8-9-10-11-18(19)17-13-15(2)12-16(3)14-17/h12-14,18H,4-11,19H2,1-3H3. The molecule has 0 saturated heterocycles. The maximum Gasteiger partial charge on any atom is 0.0295 e. The first kappa shape index (κ1) is 16.2. The number of hydrogen-bond donors (Lipinski definition) is 1. The lowest BCUT2D eigenvalue weighted by Crippen LogP contribution is -2.10. The van der Waals surface area contributed by atoms with E-state index < -0.39 is 0 Å². The number of hydrogen-bond acceptors (Lipinski definition) is 1. The monoisotopic (exact) mass is 261 g/mol. The van der Waals surface area contributed by atoms with Gasteiger partial charge in [0.05, 0.1) is 0 Å². The Balaban J connectivity index is 2.22. The number of benzene rings is 1. The summed E-state index contributed by atoms with van der Waals surface area (Å²) in [7, 11) is 0. The summed E-state index contributed by atoms with van der Waals surface area (Å²) < 4.78 is 0. The summed E-state index contributed by atoms with van der Waals surface area (Å²) in [4.78, 5) is 0. The van der Waals surface area contributed by atoms with E-state index in [2.05, 4.69) is 39.0 Å². The molecule has 0 amide bonds. The Hall–Kier alpha value is -0.820. The summed E-state index contributed by atoms with van der Waals surface area (Å²) in [6, 6.07) is 6.90. The van der Waals surface area contributed by atoms with Gasteiger partial charge in [-0.25, -0.2) is 0 Å². The van der Waals surface area contributed by atoms with Crippen molar-refractivity contribution < 1.29 is 0 Å². The van der Waals surface area contributed by atoms with Crippen molar-refractivity contribution in [1.82, 2.24) is 0 Å². The first-order valence-electron chi connectivity index (χ1n) is 7.97. The second kappa shape index (κ2) is 9.14. The zero-order valence-electron chi connectivity index (χ0n) is 13.0. The van der Waals surface area contributed by atoms with E-state index in [0.717, 1.165) is 6.42 Å². The molecule has 0 bridgehead atoms. The number of nitrogens with two attached hydrogens (primary N) is 1. The second-order valence-electron chi connectivity index (χ2n) is 5.94. The molecule has 0 aliphatic rings. The first-order chi connectivity index (χ1) is 9.13. The smallest absolute Gasteiger partial charge is 0.0295 e. The SMILES string of the molecule is CCCCCCCCCC(N)c1cc(C)cc(C)c1. The van der Waals surface area contributed by atoms with Crippen LogP contribution in [0.3, 0.4) is 0 Å². The molecular weight excluding hydrogens is 230 g/mol. The average molecular weight is 261 g/mol. The number of unbranched alkanes of at least 4 members (excludes halogenated alkanes) is 6. The van der Waals surface area contributed by atoms with Crippen molar-refractivity contribution in [2.24, 2.45) is 5.73 Å². The fourth-order valence-corrected chi connectivity index (χ4v) is 2.71. The predicted octanol–water partition coefficient (Wildman–Crippen LogP) is 5.44. The van der Waals surface area contributed by atoms with Crippen LogP contribution in [0.4, 0.5) is 0 Å². The maximum atomic E-state index is 6.30. The molecule has 0 aliphatic carbocycles. The fraction of sp³-hybridized carbons (Fsp3) is 0.667. The minimum atomic E-state index is 0.217. The van der Waals surface area contributed by atoms with Gasteiger partial charge in [-0.15, -0.1) is 0 Å². The van der Waals surface area contributed by atoms with Crippen LogP contribution in [0.25, 0.3) is 0 Å². The summed E-state index contributed by atoms with van der Waals surface area (Å²) in [6.07, 6.45) is 10.6. The Morgan fingerprint density at radius 1 is 0.842 bits per heavy atom. The third-order valence-corrected chi connectivity index (χ3v) is 3.79. The molecular formula is C18H31N. The minimum Gasteiger partial charge on any atom is -0.324 e. The fourth-order valence-electron chi connectivity index (χ4n) is 2.71. The van der Waals surface area contributed by atoms with E-state index >= 15 is 0 Å². The van der Waals surface area contributed by atoms with E-state index in [1.165, 1.54) is 61.6 Å². The molecule has 0 fully saturated rings. The minimum absolute atomic E-state index is 0.217. The second-order valence-corrected chi connectivity index (χ2v) is 5.94. The third kappa shape index (κ3) is 6.77. The molecule has 2 N–H and O–H groups in total. The van der Waals surface area contributed by atoms with Crippen LogP contribution in [0.1, 0.15) is 81.0 Å². The van der Waals surface area contributed by atoms with E-state index in [0.29, 0.717) is 0 Å². The lowest BCUT2D eigenvalue weighted by atomic mass is 9.97. The largest absolute Gasteiger partial charge is 0.324 e. The van der Waals surface area contributed by atoms with Crippen molar-refractivity contribution in [2.45, 2.75) is 78.2 Å². The van der Waals surface area contributed by atoms with Crippen molar-refractivity contribution >= 4 is 0 Å². The molecule has 0 aromatic heterocycles. The quantitative estimate of drug-likeness (QED) is 0.588. The summed E-state index contributed by atoms with van der Waals surface area (Å²) in [5, 5.41) is 0. The zero-order chi connectivity index (χ0) is 14.1. The van der Waals surface area contributed by atoms with Crippen molar-refractivity contribution in [3.63, 3.8) is 0 Å². The third-order valence-electron chi connectivity index (χ3n) is 3.79. The summed E-state index contributed by atoms with van der Waals surface area (Å²) in [5.74, 6) is 0. The normalized spacial score (nSPS) is 12.6. The number of rotatable bonds is 9. The molecule has 0 aliphatic heterocycles. The van der Waals surface area contributed by atoms with Gasteiger partial charge in [-0.3, -0.25) is 0 Å². The van der Waals surface area contributed by atoms with Gasteiger partial charge in [0.15, 0.2) is 0 Å². The van der Waals surface area contributed by atoms with Gasteiger partial charge in [0.1, 0.15) is 0 Å². The van der Waals surface area contributed by atoms with E-state index in [9.17, 15) is 0 Å². The highest BCUT2D eigenvalue weighted by Gasteiger charge is 2.06. The van der Waals surface area contributed by atoms with E-state index in [4.69, 9.17) is 5.73 Å². The molecule has 1 aromatic rings. The van der Waals surface area contributed by atoms with Gasteiger partial charge in [0.2, 0.25) is 0 Å². The average Bonchev–Trinajstić information content (AvgIpc) is 2.36. The van der Waals surface area contributed by atoms with Crippen LogP contribution in [0.15, 0.2) is 18.2 Å². The van der Waals surface area contributed by atoms with Gasteiger partial charge in [-0.05, 0) is 25.8 Å². The molecule has 1 heteroatoms. The summed E-state index contributed by atoms with van der Waals surface area (Å²) in [6.45, 7) is 6.57. The van der Waals surface area contributed by atoms with E-state index in [-0.39, 0.29) is 6.04 Å². The topological polar surface area (TPSA) is 26.0 Å². The Kier molecular flexibility index (Phi) is 7.81. The number of aryl methyl sites for hydroxylation is 2. The lowest BCUT2D eigenvalue weighted by Gasteiger charge is -2.13. The molecule has 1 unspecified atom stereocenters. The van der Waals surface area contributed by atoms with Crippen LogP contribution < -0.4 is 5.73 Å². The molecule has 0 saturated carbocycles. The highest BCUT2D eigenvalue weighted by atomic mass is 14.6. The Bertz CT molecular complexity index is 336. The molecule has 1 aromatic carbocycles. The van der Waals surface area contributed by atoms with Crippen LogP contribution in [0.5, 0.6) is 0 Å². The maximum absolute atomic E-state index is 6.30. The molecule has 1 nitrogen and oxygen atoms in total. The van der Waals surface area contributed by atoms with Gasteiger partial charge < -0.3 is 5.73 Å². The van der Waals surface area contributed by atoms with Crippen molar-refractivity contribution in [2.75, 3.05) is 0 Å². The summed E-state index contributed by atoms with van der Waals surface area (Å²) >= 11 is 0. The molecule has 19 heavy (non-hydrogen) atoms. The molecule has 108 valence electrons. The molecule has 0 heterocycles. The highest BCUT2D eigenvalue weighted by Crippen LogP contribution is 2.20. The Labute approximate surface area is 119 Å². The Morgan fingerprint density at radius 3 is 1.95 bits per heavy atom. The van der Waals surface area contributed by atoms with Crippen molar-refractivity contribution in [3.05, 3.63) is 34.9 Å². The van der Waals surface area contributed by atoms with Gasteiger partial charge in [0.25, 0.3) is 0 Å². The lowest BCUT2D eigenvalue weighted by molar-refractivity contribution is 0.541. The molecule has 0 radical (unpaired) electrons. The predicted molar refractivity (Wildman–Crippen MR) is 85.5 cm³/mol. The van der Waals surface area contributed by atoms with E-state index in [1.807, 2.05) is 0 Å². The summed E-state index contributed by atoms with van der Waals surface area (Å²) in [5.41, 5.74) is 10.3.